The molecule has 0 radical (unpaired) electrons. The highest BCUT2D eigenvalue weighted by Crippen LogP contribution is 2.30. The molecule has 1 saturated heterocycles. The van der Waals surface area contributed by atoms with Crippen LogP contribution in [-0.4, -0.2) is 30.9 Å². The number of benzene rings is 1. The van der Waals surface area contributed by atoms with Crippen molar-refractivity contribution in [1.29, 1.82) is 0 Å². The average molecular weight is 397 g/mol. The Labute approximate surface area is 160 Å². The van der Waals surface area contributed by atoms with Crippen molar-refractivity contribution < 1.29 is 27.2 Å². The summed E-state index contributed by atoms with van der Waals surface area (Å²) < 4.78 is 48.5. The molecule has 3 rings (SSSR count). The van der Waals surface area contributed by atoms with Crippen LogP contribution in [-0.2, 0) is 10.9 Å². The van der Waals surface area contributed by atoms with Crippen molar-refractivity contribution in [2.24, 2.45) is 0 Å². The zero-order valence-corrected chi connectivity index (χ0v) is 15.4. The van der Waals surface area contributed by atoms with Gasteiger partial charge in [0, 0.05) is 31.7 Å². The molecule has 28 heavy (non-hydrogen) atoms. The van der Waals surface area contributed by atoms with E-state index in [2.05, 4.69) is 15.8 Å². The number of carbonyl (C=O) groups is 1. The Balaban J connectivity index is 1.48. The van der Waals surface area contributed by atoms with E-state index in [1.807, 2.05) is 6.92 Å². The molecule has 1 aromatic carbocycles. The molecule has 1 unspecified atom stereocenters. The first-order valence-corrected chi connectivity index (χ1v) is 9.09. The third-order valence-corrected chi connectivity index (χ3v) is 4.77. The number of alkyl halides is 3. The van der Waals surface area contributed by atoms with Crippen LogP contribution in [0.4, 0.5) is 23.8 Å². The summed E-state index contributed by atoms with van der Waals surface area (Å²) in [6.07, 6.45) is -2.65. The van der Waals surface area contributed by atoms with Crippen molar-refractivity contribution >= 4 is 11.8 Å². The van der Waals surface area contributed by atoms with Crippen LogP contribution in [0.1, 0.15) is 48.5 Å². The second-order valence-electron chi connectivity index (χ2n) is 6.86. The zero-order chi connectivity index (χ0) is 20.1. The van der Waals surface area contributed by atoms with Gasteiger partial charge in [-0.05, 0) is 36.5 Å². The smallest absolute Gasteiger partial charge is 0.381 e. The Hall–Kier alpha value is -2.55. The number of amides is 2. The number of hydrogen-bond acceptors (Lipinski definition) is 4. The molecule has 2 heterocycles. The minimum absolute atomic E-state index is 0.150. The number of aromatic nitrogens is 1. The standard InChI is InChI=1S/C19H22F3N3O3/c1-12(13-2-4-15(5-3-13)19(20,21)22)11-23-18(26)24-17-10-16(28-25-17)14-6-8-27-9-7-14/h2-5,10,12,14H,6-9,11H2,1H3,(H2,23,24,25,26). The van der Waals surface area contributed by atoms with E-state index in [4.69, 9.17) is 9.26 Å². The lowest BCUT2D eigenvalue weighted by atomic mass is 9.98. The zero-order valence-electron chi connectivity index (χ0n) is 15.4. The van der Waals surface area contributed by atoms with Crippen LogP contribution >= 0.6 is 0 Å². The number of hydrogen-bond donors (Lipinski definition) is 2. The van der Waals surface area contributed by atoms with Crippen LogP contribution in [0.2, 0.25) is 0 Å². The number of rotatable bonds is 5. The average Bonchev–Trinajstić information content (AvgIpc) is 3.14. The molecular formula is C19H22F3N3O3. The van der Waals surface area contributed by atoms with Crippen molar-refractivity contribution in [3.05, 3.63) is 47.2 Å². The third-order valence-electron chi connectivity index (χ3n) is 4.77. The van der Waals surface area contributed by atoms with Gasteiger partial charge in [0.15, 0.2) is 5.82 Å². The second-order valence-corrected chi connectivity index (χ2v) is 6.86. The largest absolute Gasteiger partial charge is 0.416 e. The predicted octanol–water partition coefficient (Wildman–Crippen LogP) is 4.51. The molecular weight excluding hydrogens is 375 g/mol. The third kappa shape index (κ3) is 5.25. The van der Waals surface area contributed by atoms with Gasteiger partial charge in [-0.25, -0.2) is 4.79 Å². The molecule has 0 saturated carbocycles. The van der Waals surface area contributed by atoms with E-state index in [-0.39, 0.29) is 18.4 Å². The van der Waals surface area contributed by atoms with Gasteiger partial charge >= 0.3 is 12.2 Å². The van der Waals surface area contributed by atoms with E-state index in [1.54, 1.807) is 6.07 Å². The molecule has 0 spiro atoms. The highest BCUT2D eigenvalue weighted by atomic mass is 19.4. The number of halogens is 3. The fraction of sp³-hybridized carbons (Fsp3) is 0.474. The summed E-state index contributed by atoms with van der Waals surface area (Å²) in [7, 11) is 0. The van der Waals surface area contributed by atoms with Crippen LogP contribution in [0, 0.1) is 0 Å². The van der Waals surface area contributed by atoms with Crippen molar-refractivity contribution in [3.8, 4) is 0 Å². The van der Waals surface area contributed by atoms with Crippen molar-refractivity contribution in [2.75, 3.05) is 25.1 Å². The maximum atomic E-state index is 12.6. The van der Waals surface area contributed by atoms with E-state index in [0.717, 1.165) is 30.7 Å². The van der Waals surface area contributed by atoms with Gasteiger partial charge in [-0.2, -0.15) is 13.2 Å². The van der Waals surface area contributed by atoms with Crippen LogP contribution in [0.25, 0.3) is 0 Å². The molecule has 0 aliphatic carbocycles. The summed E-state index contributed by atoms with van der Waals surface area (Å²) in [5.41, 5.74) is 0.0112. The van der Waals surface area contributed by atoms with Crippen molar-refractivity contribution in [3.63, 3.8) is 0 Å². The summed E-state index contributed by atoms with van der Waals surface area (Å²) in [4.78, 5) is 12.0. The molecule has 2 amide bonds. The van der Waals surface area contributed by atoms with E-state index in [9.17, 15) is 18.0 Å². The maximum Gasteiger partial charge on any atom is 0.416 e. The molecule has 1 aliphatic heterocycles. The van der Waals surface area contributed by atoms with Gasteiger partial charge in [0.2, 0.25) is 0 Å². The van der Waals surface area contributed by atoms with Gasteiger partial charge in [0.25, 0.3) is 0 Å². The minimum Gasteiger partial charge on any atom is -0.381 e. The monoisotopic (exact) mass is 397 g/mol. The molecule has 2 N–H and O–H groups in total. The summed E-state index contributed by atoms with van der Waals surface area (Å²) in [6.45, 7) is 3.44. The van der Waals surface area contributed by atoms with Gasteiger partial charge in [-0.3, -0.25) is 5.32 Å². The second kappa shape index (κ2) is 8.64. The van der Waals surface area contributed by atoms with E-state index < -0.39 is 17.8 Å². The van der Waals surface area contributed by atoms with Gasteiger partial charge in [0.1, 0.15) is 5.76 Å². The summed E-state index contributed by atoms with van der Waals surface area (Å²) >= 11 is 0. The molecule has 152 valence electrons. The highest BCUT2D eigenvalue weighted by Gasteiger charge is 2.30. The van der Waals surface area contributed by atoms with E-state index in [1.165, 1.54) is 12.1 Å². The topological polar surface area (TPSA) is 76.4 Å². The number of urea groups is 1. The van der Waals surface area contributed by atoms with Gasteiger partial charge in [-0.15, -0.1) is 0 Å². The SMILES string of the molecule is CC(CNC(=O)Nc1cc(C2CCOCC2)on1)c1ccc(C(F)(F)F)cc1. The van der Waals surface area contributed by atoms with Crippen molar-refractivity contribution in [2.45, 2.75) is 37.8 Å². The lowest BCUT2D eigenvalue weighted by molar-refractivity contribution is -0.137. The van der Waals surface area contributed by atoms with Crippen LogP contribution in [0.3, 0.4) is 0 Å². The molecule has 9 heteroatoms. The Morgan fingerprint density at radius 3 is 2.57 bits per heavy atom. The van der Waals surface area contributed by atoms with E-state index in [0.29, 0.717) is 24.6 Å². The molecule has 1 atom stereocenters. The maximum absolute atomic E-state index is 12.6. The van der Waals surface area contributed by atoms with Crippen LogP contribution in [0.15, 0.2) is 34.9 Å². The molecule has 1 fully saturated rings. The van der Waals surface area contributed by atoms with Crippen molar-refractivity contribution in [1.82, 2.24) is 10.5 Å². The normalized spacial score (nSPS) is 16.6. The van der Waals surface area contributed by atoms with Gasteiger partial charge in [-0.1, -0.05) is 24.2 Å². The van der Waals surface area contributed by atoms with Crippen LogP contribution in [0.5, 0.6) is 0 Å². The molecule has 1 aliphatic rings. The molecule has 1 aromatic heterocycles. The Morgan fingerprint density at radius 1 is 1.25 bits per heavy atom. The Bertz CT molecular complexity index is 784. The van der Waals surface area contributed by atoms with Gasteiger partial charge in [0.05, 0.1) is 5.56 Å². The first kappa shape index (κ1) is 20.2. The highest BCUT2D eigenvalue weighted by molar-refractivity contribution is 5.88. The fourth-order valence-electron chi connectivity index (χ4n) is 3.05. The summed E-state index contributed by atoms with van der Waals surface area (Å²) in [6, 6.07) is 6.17. The molecule has 6 nitrogen and oxygen atoms in total. The number of carbonyl (C=O) groups excluding carboxylic acids is 1. The number of nitrogens with zero attached hydrogens (tertiary/aromatic N) is 1. The van der Waals surface area contributed by atoms with E-state index >= 15 is 0 Å². The fourth-order valence-corrected chi connectivity index (χ4v) is 3.05. The lowest BCUT2D eigenvalue weighted by Crippen LogP contribution is -2.31. The molecule has 0 bridgehead atoms. The predicted molar refractivity (Wildman–Crippen MR) is 96.2 cm³/mol. The minimum atomic E-state index is -4.36. The number of ether oxygens (including phenoxy) is 1. The first-order chi connectivity index (χ1) is 13.3. The summed E-state index contributed by atoms with van der Waals surface area (Å²) in [5, 5.41) is 9.15. The lowest BCUT2D eigenvalue weighted by Gasteiger charge is -2.18. The Kier molecular flexibility index (Phi) is 6.23. The Morgan fingerprint density at radius 2 is 1.93 bits per heavy atom. The number of anilines is 1. The van der Waals surface area contributed by atoms with Gasteiger partial charge < -0.3 is 14.6 Å². The molecule has 2 aromatic rings. The quantitative estimate of drug-likeness (QED) is 0.778. The summed E-state index contributed by atoms with van der Waals surface area (Å²) in [5.74, 6) is 1.13. The van der Waals surface area contributed by atoms with Crippen LogP contribution < -0.4 is 10.6 Å². The first-order valence-electron chi connectivity index (χ1n) is 9.09. The number of nitrogens with one attached hydrogen (secondary N) is 2.